The Kier molecular flexibility index (Phi) is 2.85. The van der Waals surface area contributed by atoms with E-state index in [-0.39, 0.29) is 17.5 Å². The fraction of sp³-hybridized carbons (Fsp3) is 0.263. The van der Waals surface area contributed by atoms with Crippen LogP contribution in [0.1, 0.15) is 62.7 Å². The second-order valence-electron chi connectivity index (χ2n) is 6.40. The highest BCUT2D eigenvalue weighted by atomic mass is 16.4. The average molecular weight is 306 g/mol. The molecule has 23 heavy (non-hydrogen) atoms. The minimum atomic E-state index is -1.30. The van der Waals surface area contributed by atoms with Gasteiger partial charge in [0.15, 0.2) is 0 Å². The third kappa shape index (κ3) is 1.78. The number of amides is 1. The lowest BCUT2D eigenvalue weighted by Gasteiger charge is -2.37. The number of para-hydroxylation sites is 1. The molecule has 0 saturated carbocycles. The topological polar surface area (TPSA) is 60.4 Å². The number of benzene rings is 2. The van der Waals surface area contributed by atoms with Gasteiger partial charge in [-0.25, -0.2) is 0 Å². The first kappa shape index (κ1) is 14.0. The molecule has 4 rings (SSSR count). The Labute approximate surface area is 134 Å². The summed E-state index contributed by atoms with van der Waals surface area (Å²) >= 11 is 0. The molecule has 2 aliphatic heterocycles. The molecule has 0 bridgehead atoms. The van der Waals surface area contributed by atoms with Crippen molar-refractivity contribution in [3.63, 3.8) is 0 Å². The van der Waals surface area contributed by atoms with Gasteiger partial charge in [0.25, 0.3) is 5.91 Å². The molecule has 0 unspecified atom stereocenters. The van der Waals surface area contributed by atoms with Crippen LogP contribution in [0.4, 0.5) is 5.69 Å². The molecule has 0 N–H and O–H groups in total. The quantitative estimate of drug-likeness (QED) is 0.813. The number of carboxylic acids is 1. The van der Waals surface area contributed by atoms with Crippen molar-refractivity contribution >= 4 is 17.6 Å². The number of anilines is 1. The maximum absolute atomic E-state index is 13.0. The standard InChI is InChI=1S/C19H17NO3/c1-10-5-3-6-12-11(2)9-15-13-7-4-8-14(19(22)23)16(13)18(21)20(15)17(10)12/h3-8,11,15H,9H2,1-2H3,(H,22,23)/p-1/t11-,15+/m0/s1. The fourth-order valence-electron chi connectivity index (χ4n) is 4.02. The molecule has 2 aromatic carbocycles. The number of carbonyl (C=O) groups excluding carboxylic acids is 2. The van der Waals surface area contributed by atoms with Gasteiger partial charge in [-0.05, 0) is 36.0 Å². The van der Waals surface area contributed by atoms with Gasteiger partial charge >= 0.3 is 0 Å². The fourth-order valence-corrected chi connectivity index (χ4v) is 4.02. The van der Waals surface area contributed by atoms with E-state index in [1.165, 1.54) is 6.07 Å². The van der Waals surface area contributed by atoms with Crippen LogP contribution >= 0.6 is 0 Å². The molecule has 0 fully saturated rings. The van der Waals surface area contributed by atoms with E-state index in [0.717, 1.165) is 28.8 Å². The van der Waals surface area contributed by atoms with E-state index in [2.05, 4.69) is 13.0 Å². The Morgan fingerprint density at radius 2 is 1.87 bits per heavy atom. The normalized spacial score (nSPS) is 21.7. The van der Waals surface area contributed by atoms with Crippen molar-refractivity contribution in [3.05, 3.63) is 64.2 Å². The van der Waals surface area contributed by atoms with Crippen molar-refractivity contribution in [2.45, 2.75) is 32.2 Å². The molecule has 0 aromatic heterocycles. The van der Waals surface area contributed by atoms with Crippen molar-refractivity contribution in [3.8, 4) is 0 Å². The Morgan fingerprint density at radius 3 is 2.61 bits per heavy atom. The SMILES string of the molecule is Cc1cccc2c1N1C(=O)c3c(C(=O)[O-])cccc3[C@H]1C[C@@H]2C. The predicted molar refractivity (Wildman–Crippen MR) is 84.5 cm³/mol. The molecule has 0 spiro atoms. The second kappa shape index (κ2) is 4.69. The number of hydrogen-bond donors (Lipinski definition) is 0. The molecule has 0 saturated heterocycles. The van der Waals surface area contributed by atoms with Crippen LogP contribution in [0.5, 0.6) is 0 Å². The summed E-state index contributed by atoms with van der Waals surface area (Å²) in [6, 6.07) is 11.0. The summed E-state index contributed by atoms with van der Waals surface area (Å²) in [5, 5.41) is 11.4. The second-order valence-corrected chi connectivity index (χ2v) is 6.40. The molecular weight excluding hydrogens is 290 g/mol. The lowest BCUT2D eigenvalue weighted by molar-refractivity contribution is -0.255. The Bertz CT molecular complexity index is 856. The van der Waals surface area contributed by atoms with Gasteiger partial charge in [-0.3, -0.25) is 4.79 Å². The van der Waals surface area contributed by atoms with Gasteiger partial charge in [-0.1, -0.05) is 43.3 Å². The van der Waals surface area contributed by atoms with Crippen LogP contribution in [0.2, 0.25) is 0 Å². The first-order valence-corrected chi connectivity index (χ1v) is 7.78. The van der Waals surface area contributed by atoms with Gasteiger partial charge in [0.2, 0.25) is 0 Å². The number of aryl methyl sites for hydroxylation is 1. The first-order chi connectivity index (χ1) is 11.0. The van der Waals surface area contributed by atoms with E-state index < -0.39 is 5.97 Å². The molecule has 1 amide bonds. The van der Waals surface area contributed by atoms with Crippen LogP contribution in [0.3, 0.4) is 0 Å². The van der Waals surface area contributed by atoms with Crippen molar-refractivity contribution < 1.29 is 14.7 Å². The van der Waals surface area contributed by atoms with E-state index in [0.29, 0.717) is 11.5 Å². The van der Waals surface area contributed by atoms with Gasteiger partial charge in [-0.2, -0.15) is 0 Å². The van der Waals surface area contributed by atoms with Crippen LogP contribution in [-0.2, 0) is 0 Å². The molecule has 0 radical (unpaired) electrons. The van der Waals surface area contributed by atoms with E-state index in [1.807, 2.05) is 25.1 Å². The number of aromatic carboxylic acids is 1. The highest BCUT2D eigenvalue weighted by molar-refractivity contribution is 6.16. The highest BCUT2D eigenvalue weighted by Crippen LogP contribution is 2.50. The number of hydrogen-bond acceptors (Lipinski definition) is 3. The Hall–Kier alpha value is -2.62. The number of fused-ring (bicyclic) bond motifs is 5. The van der Waals surface area contributed by atoms with Crippen LogP contribution in [0.25, 0.3) is 0 Å². The van der Waals surface area contributed by atoms with Crippen LogP contribution in [0.15, 0.2) is 36.4 Å². The van der Waals surface area contributed by atoms with Crippen LogP contribution in [-0.4, -0.2) is 11.9 Å². The first-order valence-electron chi connectivity index (χ1n) is 7.78. The summed E-state index contributed by atoms with van der Waals surface area (Å²) in [6.45, 7) is 4.14. The van der Waals surface area contributed by atoms with Crippen LogP contribution < -0.4 is 10.0 Å². The average Bonchev–Trinajstić information content (AvgIpc) is 2.81. The molecule has 116 valence electrons. The third-order valence-corrected chi connectivity index (χ3v) is 5.04. The van der Waals surface area contributed by atoms with Gasteiger partial charge in [0.05, 0.1) is 23.3 Å². The summed E-state index contributed by atoms with van der Waals surface area (Å²) in [5.41, 5.74) is 4.21. The maximum atomic E-state index is 13.0. The van der Waals surface area contributed by atoms with E-state index in [9.17, 15) is 14.7 Å². The Balaban J connectivity index is 1.98. The van der Waals surface area contributed by atoms with E-state index in [1.54, 1.807) is 11.0 Å². The Morgan fingerprint density at radius 1 is 1.17 bits per heavy atom. The lowest BCUT2D eigenvalue weighted by Crippen LogP contribution is -2.34. The summed E-state index contributed by atoms with van der Waals surface area (Å²) in [4.78, 5) is 26.2. The molecule has 2 atom stereocenters. The van der Waals surface area contributed by atoms with Gasteiger partial charge in [0, 0.05) is 5.56 Å². The zero-order chi connectivity index (χ0) is 16.3. The molecule has 2 heterocycles. The monoisotopic (exact) mass is 306 g/mol. The minimum Gasteiger partial charge on any atom is -0.545 e. The van der Waals surface area contributed by atoms with Crippen molar-refractivity contribution in [2.75, 3.05) is 4.90 Å². The van der Waals surface area contributed by atoms with Crippen molar-refractivity contribution in [1.82, 2.24) is 0 Å². The maximum Gasteiger partial charge on any atom is 0.259 e. The minimum absolute atomic E-state index is 0.00955. The molecule has 4 heteroatoms. The van der Waals surface area contributed by atoms with Crippen molar-refractivity contribution in [1.29, 1.82) is 0 Å². The number of nitrogens with zero attached hydrogens (tertiary/aromatic N) is 1. The zero-order valence-electron chi connectivity index (χ0n) is 13.0. The summed E-state index contributed by atoms with van der Waals surface area (Å²) in [6.07, 6.45) is 0.797. The molecule has 4 nitrogen and oxygen atoms in total. The van der Waals surface area contributed by atoms with Crippen molar-refractivity contribution in [2.24, 2.45) is 0 Å². The van der Waals surface area contributed by atoms with E-state index >= 15 is 0 Å². The van der Waals surface area contributed by atoms with Gasteiger partial charge in [0.1, 0.15) is 0 Å². The highest BCUT2D eigenvalue weighted by Gasteiger charge is 2.44. The van der Waals surface area contributed by atoms with Gasteiger partial charge < -0.3 is 14.8 Å². The molecule has 0 aliphatic carbocycles. The summed E-state index contributed by atoms with van der Waals surface area (Å²) in [5.74, 6) is -1.21. The summed E-state index contributed by atoms with van der Waals surface area (Å²) in [7, 11) is 0. The lowest BCUT2D eigenvalue weighted by atomic mass is 9.84. The van der Waals surface area contributed by atoms with Gasteiger partial charge in [-0.15, -0.1) is 0 Å². The third-order valence-electron chi connectivity index (χ3n) is 5.04. The predicted octanol–water partition coefficient (Wildman–Crippen LogP) is 2.57. The number of carbonyl (C=O) groups is 2. The number of carboxylic acid groups (broad SMARTS) is 1. The number of rotatable bonds is 1. The molecule has 2 aromatic rings. The smallest absolute Gasteiger partial charge is 0.259 e. The largest absolute Gasteiger partial charge is 0.545 e. The zero-order valence-corrected chi connectivity index (χ0v) is 13.0. The summed E-state index contributed by atoms with van der Waals surface area (Å²) < 4.78 is 0. The van der Waals surface area contributed by atoms with E-state index in [4.69, 9.17) is 0 Å². The molecule has 2 aliphatic rings. The van der Waals surface area contributed by atoms with Crippen LogP contribution in [0, 0.1) is 6.92 Å². The molecular formula is C19H16NO3-.